The van der Waals surface area contributed by atoms with Gasteiger partial charge in [0.15, 0.2) is 17.3 Å². The number of rotatable bonds is 18. The highest BCUT2D eigenvalue weighted by Crippen LogP contribution is 2.66. The van der Waals surface area contributed by atoms with Crippen molar-refractivity contribution in [1.82, 2.24) is 10.2 Å². The minimum absolute atomic E-state index is 0.0112. The van der Waals surface area contributed by atoms with Gasteiger partial charge in [0, 0.05) is 50.3 Å². The molecule has 1 saturated heterocycles. The summed E-state index contributed by atoms with van der Waals surface area (Å²) in [5, 5.41) is 2.95. The lowest BCUT2D eigenvalue weighted by molar-refractivity contribution is -0.199. The monoisotopic (exact) mass is 974 g/mol. The summed E-state index contributed by atoms with van der Waals surface area (Å²) in [5.41, 5.74) is 11.0. The zero-order chi connectivity index (χ0) is 51.0. The van der Waals surface area contributed by atoms with Gasteiger partial charge in [-0.1, -0.05) is 102 Å². The Morgan fingerprint density at radius 1 is 0.944 bits per heavy atom. The first-order chi connectivity index (χ1) is 34.0. The number of carbonyl (C=O) groups excluding carboxylic acids is 5. The number of ether oxygens (including phenoxy) is 2. The molecule has 3 aromatic rings. The standard InChI is InChI=1S/C58H80BN3O9/c1-9-10-15-39-18-20-40(21-19-39)41-22-24-42(25-23-41)48(63)33-45(17-11-13-28-60)56(67)62(7)54-44-26-27-51(68-8)43(32-44)16-12-14-29-69-36-47(61-55(66)37(2)30-50(54)65)49(64)31-38(3)59-70-53-35-46-34-52(57(46,4)5)58(53,6)71-59/h18-27,32,37-38,45-47,52-54H,9-17,28-31,33-36,60H2,1-8H3,(H,61,66)/t37-,38-,45-,46+,47+,52+,53-,54+,58+/m1/s1. The number of likely N-dealkylation sites (N-methyl/N-ethyl adjacent to an activating group) is 1. The maximum Gasteiger partial charge on any atom is 0.461 e. The summed E-state index contributed by atoms with van der Waals surface area (Å²) in [4.78, 5) is 73.4. The van der Waals surface area contributed by atoms with Crippen molar-refractivity contribution in [2.45, 2.75) is 161 Å². The van der Waals surface area contributed by atoms with Gasteiger partial charge >= 0.3 is 7.12 Å². The van der Waals surface area contributed by atoms with Crippen LogP contribution in [0.15, 0.2) is 66.7 Å². The number of ketones is 3. The normalized spacial score (nSPS) is 26.4. The third-order valence-electron chi connectivity index (χ3n) is 16.6. The molecule has 0 spiro atoms. The van der Waals surface area contributed by atoms with Gasteiger partial charge in [-0.25, -0.2) is 0 Å². The Hall–Kier alpha value is -4.69. The lowest BCUT2D eigenvalue weighted by Crippen LogP contribution is -2.65. The predicted molar refractivity (Wildman–Crippen MR) is 278 cm³/mol. The van der Waals surface area contributed by atoms with Crippen LogP contribution in [-0.2, 0) is 46.1 Å². The molecule has 2 aliphatic heterocycles. The molecule has 4 bridgehead atoms. The van der Waals surface area contributed by atoms with Crippen LogP contribution in [0, 0.1) is 29.1 Å². The number of Topliss-reactive ketones (excluding diaryl/α,β-unsaturated/α-hetero) is 3. The summed E-state index contributed by atoms with van der Waals surface area (Å²) in [5.74, 6) is -1.67. The molecule has 3 saturated carbocycles. The molecular weight excluding hydrogens is 893 g/mol. The van der Waals surface area contributed by atoms with Gasteiger partial charge in [0.2, 0.25) is 11.8 Å². The van der Waals surface area contributed by atoms with Crippen LogP contribution in [0.25, 0.3) is 11.1 Å². The number of hydrogen-bond donors (Lipinski definition) is 2. The Kier molecular flexibility index (Phi) is 18.2. The molecule has 3 aliphatic carbocycles. The molecule has 8 rings (SSSR count). The summed E-state index contributed by atoms with van der Waals surface area (Å²) < 4.78 is 25.1. The van der Waals surface area contributed by atoms with Crippen molar-refractivity contribution in [2.75, 3.05) is 33.9 Å². The highest BCUT2D eigenvalue weighted by Gasteiger charge is 2.68. The third kappa shape index (κ3) is 12.4. The number of carbonyl (C=O) groups is 5. The minimum atomic E-state index is -1.06. The molecule has 9 atom stereocenters. The van der Waals surface area contributed by atoms with Gasteiger partial charge in [-0.3, -0.25) is 24.0 Å². The van der Waals surface area contributed by atoms with Crippen molar-refractivity contribution in [3.63, 3.8) is 0 Å². The van der Waals surface area contributed by atoms with E-state index in [4.69, 9.17) is 24.5 Å². The number of fused-ring (bicyclic) bond motifs is 2. The molecule has 0 radical (unpaired) electrons. The molecule has 4 fully saturated rings. The molecule has 13 heteroatoms. The first kappa shape index (κ1) is 54.1. The number of nitrogens with one attached hydrogen (secondary N) is 1. The summed E-state index contributed by atoms with van der Waals surface area (Å²) in [7, 11) is 2.68. The SMILES string of the molecule is CCCCc1ccc(-c2ccc(C(=O)C[C@@H](CCCCN)C(=O)N(C)[C@@H]3C(=O)C[C@@H](C)C(=O)N[C@H](C(=O)C[C@@H](C)B4O[C@@H]5C[C@@H]6C[C@@H](C6(C)C)[C@]5(C)O4)COCCCCc4cc3ccc4OC)cc2)cc1. The molecule has 2 amide bonds. The fraction of sp³-hybridized carbons (Fsp3) is 0.603. The Bertz CT molecular complexity index is 2340. The van der Waals surface area contributed by atoms with Gasteiger partial charge < -0.3 is 34.7 Å². The Morgan fingerprint density at radius 2 is 1.66 bits per heavy atom. The van der Waals surface area contributed by atoms with Crippen LogP contribution in [0.1, 0.15) is 152 Å². The van der Waals surface area contributed by atoms with Gasteiger partial charge in [0.05, 0.1) is 25.4 Å². The van der Waals surface area contributed by atoms with Crippen molar-refractivity contribution < 1.29 is 42.8 Å². The number of nitrogens with two attached hydrogens (primary N) is 1. The second kappa shape index (κ2) is 23.9. The fourth-order valence-corrected chi connectivity index (χ4v) is 11.9. The van der Waals surface area contributed by atoms with Crippen LogP contribution in [0.2, 0.25) is 5.82 Å². The summed E-state index contributed by atoms with van der Waals surface area (Å²) >= 11 is 0. The van der Waals surface area contributed by atoms with Crippen molar-refractivity contribution in [3.05, 3.63) is 89.0 Å². The molecule has 12 nitrogen and oxygen atoms in total. The van der Waals surface area contributed by atoms with E-state index in [-0.39, 0.29) is 66.5 Å². The lowest BCUT2D eigenvalue weighted by Gasteiger charge is -2.64. The molecular formula is C58H80BN3O9. The molecule has 0 unspecified atom stereocenters. The van der Waals surface area contributed by atoms with Crippen LogP contribution >= 0.6 is 0 Å². The zero-order valence-corrected chi connectivity index (χ0v) is 43.8. The van der Waals surface area contributed by atoms with E-state index in [9.17, 15) is 24.0 Å². The summed E-state index contributed by atoms with van der Waals surface area (Å²) in [6.45, 7) is 13.4. The van der Waals surface area contributed by atoms with Crippen LogP contribution < -0.4 is 15.8 Å². The highest BCUT2D eigenvalue weighted by atomic mass is 16.7. The van der Waals surface area contributed by atoms with Crippen molar-refractivity contribution >= 4 is 36.3 Å². The van der Waals surface area contributed by atoms with E-state index in [1.54, 1.807) is 27.1 Å². The highest BCUT2D eigenvalue weighted by molar-refractivity contribution is 6.47. The Morgan fingerprint density at radius 3 is 2.34 bits per heavy atom. The van der Waals surface area contributed by atoms with E-state index >= 15 is 0 Å². The first-order valence-corrected chi connectivity index (χ1v) is 26.6. The lowest BCUT2D eigenvalue weighted by atomic mass is 9.43. The summed E-state index contributed by atoms with van der Waals surface area (Å²) in [6, 6.07) is 19.6. The van der Waals surface area contributed by atoms with Crippen LogP contribution in [0.4, 0.5) is 0 Å². The molecule has 3 aromatic carbocycles. The number of unbranched alkanes of at least 4 members (excludes halogenated alkanes) is 2. The van der Waals surface area contributed by atoms with Gasteiger partial charge in [0.25, 0.3) is 0 Å². The molecule has 3 N–H and O–H groups in total. The number of aryl methyl sites for hydroxylation is 2. The number of nitrogens with zero attached hydrogens (tertiary/aromatic N) is 1. The average Bonchev–Trinajstić information content (AvgIpc) is 3.73. The predicted octanol–water partition coefficient (Wildman–Crippen LogP) is 9.73. The molecule has 71 heavy (non-hydrogen) atoms. The largest absolute Gasteiger partial charge is 0.496 e. The van der Waals surface area contributed by atoms with Crippen molar-refractivity contribution in [3.8, 4) is 16.9 Å². The average molecular weight is 974 g/mol. The third-order valence-corrected chi connectivity index (χ3v) is 16.6. The maximum absolute atomic E-state index is 14.9. The minimum Gasteiger partial charge on any atom is -0.496 e. The van der Waals surface area contributed by atoms with Crippen LogP contribution in [0.5, 0.6) is 5.75 Å². The van der Waals surface area contributed by atoms with Gasteiger partial charge in [-0.15, -0.1) is 0 Å². The first-order valence-electron chi connectivity index (χ1n) is 26.6. The van der Waals surface area contributed by atoms with Crippen molar-refractivity contribution in [2.24, 2.45) is 34.8 Å². The van der Waals surface area contributed by atoms with Gasteiger partial charge in [-0.05, 0) is 134 Å². The second-order valence-electron chi connectivity index (χ2n) is 22.1. The molecule has 2 heterocycles. The van der Waals surface area contributed by atoms with Gasteiger partial charge in [0.1, 0.15) is 17.8 Å². The smallest absolute Gasteiger partial charge is 0.461 e. The van der Waals surface area contributed by atoms with E-state index in [1.165, 1.54) is 10.5 Å². The van der Waals surface area contributed by atoms with E-state index in [0.717, 1.165) is 55.2 Å². The van der Waals surface area contributed by atoms with Crippen LogP contribution in [0.3, 0.4) is 0 Å². The number of benzene rings is 3. The number of methoxy groups -OCH3 is 1. The van der Waals surface area contributed by atoms with Crippen molar-refractivity contribution in [1.29, 1.82) is 0 Å². The summed E-state index contributed by atoms with van der Waals surface area (Å²) in [6.07, 6.45) is 9.00. The van der Waals surface area contributed by atoms with E-state index in [1.807, 2.05) is 43.3 Å². The van der Waals surface area contributed by atoms with E-state index < -0.39 is 42.5 Å². The van der Waals surface area contributed by atoms with E-state index in [0.29, 0.717) is 74.0 Å². The molecule has 5 aliphatic rings. The number of amides is 2. The molecule has 384 valence electrons. The van der Waals surface area contributed by atoms with Gasteiger partial charge in [-0.2, -0.15) is 0 Å². The topological polar surface area (TPSA) is 164 Å². The Balaban J connectivity index is 1.07. The maximum atomic E-state index is 14.9. The fourth-order valence-electron chi connectivity index (χ4n) is 11.9. The quantitative estimate of drug-likeness (QED) is 0.0713. The zero-order valence-electron chi connectivity index (χ0n) is 43.8. The second-order valence-corrected chi connectivity index (χ2v) is 22.1. The van der Waals surface area contributed by atoms with Crippen LogP contribution in [-0.4, -0.2) is 92.8 Å². The van der Waals surface area contributed by atoms with E-state index in [2.05, 4.69) is 57.3 Å². The Labute approximate surface area is 423 Å². The molecule has 0 aromatic heterocycles. The number of hydrogen-bond acceptors (Lipinski definition) is 10.